The molecule has 6 heteroatoms. The molecule has 5 nitrogen and oxygen atoms in total. The molecule has 116 valence electrons. The van der Waals surface area contributed by atoms with E-state index in [-0.39, 0.29) is 11.2 Å². The van der Waals surface area contributed by atoms with Crippen molar-refractivity contribution in [1.29, 1.82) is 0 Å². The molecular formula is C15H22N2O3S. The minimum Gasteiger partial charge on any atom is -0.399 e. The minimum absolute atomic E-state index is 0.0652. The molecule has 0 spiro atoms. The summed E-state index contributed by atoms with van der Waals surface area (Å²) in [5, 5.41) is 3.03. The highest BCUT2D eigenvalue weighted by molar-refractivity contribution is 7.85. The Hall–Kier alpha value is -1.40. The molecule has 21 heavy (non-hydrogen) atoms. The zero-order chi connectivity index (χ0) is 15.1. The van der Waals surface area contributed by atoms with Crippen molar-refractivity contribution in [3.05, 3.63) is 24.3 Å². The van der Waals surface area contributed by atoms with E-state index in [1.54, 1.807) is 24.3 Å². The number of rotatable bonds is 6. The third-order valence-corrected chi connectivity index (χ3v) is 5.37. The Morgan fingerprint density at radius 3 is 2.86 bits per heavy atom. The first-order chi connectivity index (χ1) is 10.1. The van der Waals surface area contributed by atoms with Crippen molar-refractivity contribution in [2.45, 2.75) is 30.9 Å². The summed E-state index contributed by atoms with van der Waals surface area (Å²) >= 11 is 0. The van der Waals surface area contributed by atoms with E-state index < -0.39 is 10.8 Å². The molecule has 1 aromatic carbocycles. The number of nitrogens with two attached hydrogens (primary N) is 1. The van der Waals surface area contributed by atoms with Crippen molar-refractivity contribution >= 4 is 28.1 Å². The second kappa shape index (κ2) is 8.14. The minimum atomic E-state index is -0.853. The van der Waals surface area contributed by atoms with Crippen molar-refractivity contribution in [1.82, 2.24) is 0 Å². The van der Waals surface area contributed by atoms with Crippen LogP contribution in [0.3, 0.4) is 0 Å². The predicted octanol–water partition coefficient (Wildman–Crippen LogP) is 1.92. The smallest absolute Gasteiger partial charge is 0.224 e. The Balaban J connectivity index is 1.68. The average molecular weight is 310 g/mol. The summed E-state index contributed by atoms with van der Waals surface area (Å²) in [6.07, 6.45) is 2.74. The van der Waals surface area contributed by atoms with E-state index in [4.69, 9.17) is 10.5 Å². The number of anilines is 2. The second-order valence-corrected chi connectivity index (χ2v) is 7.01. The fourth-order valence-electron chi connectivity index (χ4n) is 2.32. The van der Waals surface area contributed by atoms with Crippen molar-refractivity contribution in [3.8, 4) is 0 Å². The van der Waals surface area contributed by atoms with Crippen LogP contribution in [0.2, 0.25) is 0 Å². The Morgan fingerprint density at radius 2 is 2.14 bits per heavy atom. The molecule has 1 fully saturated rings. The van der Waals surface area contributed by atoms with Crippen molar-refractivity contribution in [2.75, 3.05) is 30.0 Å². The maximum Gasteiger partial charge on any atom is 0.224 e. The van der Waals surface area contributed by atoms with Crippen molar-refractivity contribution < 1.29 is 13.7 Å². The summed E-state index contributed by atoms with van der Waals surface area (Å²) in [4.78, 5) is 11.8. The lowest BCUT2D eigenvalue weighted by atomic mass is 10.2. The number of amides is 1. The van der Waals surface area contributed by atoms with E-state index in [0.29, 0.717) is 43.2 Å². The van der Waals surface area contributed by atoms with Gasteiger partial charge in [0.15, 0.2) is 0 Å². The molecule has 1 saturated heterocycles. The molecule has 1 atom stereocenters. The van der Waals surface area contributed by atoms with E-state index in [9.17, 15) is 9.00 Å². The molecule has 0 radical (unpaired) electrons. The molecule has 0 aliphatic carbocycles. The normalized spacial score (nSPS) is 17.3. The first-order valence-corrected chi connectivity index (χ1v) is 8.63. The molecule has 0 aromatic heterocycles. The first-order valence-electron chi connectivity index (χ1n) is 7.25. The fourth-order valence-corrected chi connectivity index (χ4v) is 3.80. The van der Waals surface area contributed by atoms with Crippen LogP contribution in [-0.2, 0) is 20.3 Å². The lowest BCUT2D eigenvalue weighted by molar-refractivity contribution is -0.116. The molecule has 1 unspecified atom stereocenters. The maximum atomic E-state index is 12.1. The molecule has 1 amide bonds. The molecule has 1 aromatic rings. The standard InChI is InChI=1S/C15H22N2O3S/c16-12-3-1-4-13(11-12)17-15(18)5-2-10-21(19)14-6-8-20-9-7-14/h1,3-4,11,14H,2,5-10,16H2,(H,17,18). The summed E-state index contributed by atoms with van der Waals surface area (Å²) in [5.74, 6) is 0.513. The highest BCUT2D eigenvalue weighted by atomic mass is 32.2. The first kappa shape index (κ1) is 16.0. The van der Waals surface area contributed by atoms with Gasteiger partial charge >= 0.3 is 0 Å². The summed E-state index contributed by atoms with van der Waals surface area (Å²) in [5.41, 5.74) is 6.97. The van der Waals surface area contributed by atoms with Crippen LogP contribution in [0.5, 0.6) is 0 Å². The maximum absolute atomic E-state index is 12.1. The van der Waals surface area contributed by atoms with Crippen LogP contribution >= 0.6 is 0 Å². The second-order valence-electron chi connectivity index (χ2n) is 5.17. The van der Waals surface area contributed by atoms with E-state index >= 15 is 0 Å². The third kappa shape index (κ3) is 5.47. The monoisotopic (exact) mass is 310 g/mol. The Labute approximate surface area is 127 Å². The predicted molar refractivity (Wildman–Crippen MR) is 85.6 cm³/mol. The molecule has 1 aliphatic heterocycles. The summed E-state index contributed by atoms with van der Waals surface area (Å²) in [7, 11) is -0.853. The number of ether oxygens (including phenoxy) is 1. The Morgan fingerprint density at radius 1 is 1.38 bits per heavy atom. The zero-order valence-electron chi connectivity index (χ0n) is 12.0. The molecule has 1 heterocycles. The molecule has 0 bridgehead atoms. The average Bonchev–Trinajstić information content (AvgIpc) is 2.48. The van der Waals surface area contributed by atoms with Gasteiger partial charge in [-0.25, -0.2) is 0 Å². The SMILES string of the molecule is Nc1cccc(NC(=O)CCCS(=O)C2CCOCC2)c1. The zero-order valence-corrected chi connectivity index (χ0v) is 12.9. The van der Waals surface area contributed by atoms with Gasteiger partial charge in [0.25, 0.3) is 0 Å². The highest BCUT2D eigenvalue weighted by Crippen LogP contribution is 2.15. The summed E-state index contributed by atoms with van der Waals surface area (Å²) < 4.78 is 17.3. The Bertz CT molecular complexity index is 501. The van der Waals surface area contributed by atoms with Crippen LogP contribution < -0.4 is 11.1 Å². The van der Waals surface area contributed by atoms with E-state index in [0.717, 1.165) is 12.8 Å². The van der Waals surface area contributed by atoms with Gasteiger partial charge in [0.1, 0.15) is 0 Å². The van der Waals surface area contributed by atoms with E-state index in [1.807, 2.05) is 0 Å². The third-order valence-electron chi connectivity index (χ3n) is 3.46. The Kier molecular flexibility index (Phi) is 6.20. The number of nitrogen functional groups attached to an aromatic ring is 1. The van der Waals surface area contributed by atoms with Crippen LogP contribution in [0.25, 0.3) is 0 Å². The van der Waals surface area contributed by atoms with Crippen LogP contribution in [-0.4, -0.2) is 34.3 Å². The van der Waals surface area contributed by atoms with Gasteiger partial charge in [0, 0.05) is 52.8 Å². The molecule has 0 saturated carbocycles. The quantitative estimate of drug-likeness (QED) is 0.787. The van der Waals surface area contributed by atoms with Crippen LogP contribution in [0.1, 0.15) is 25.7 Å². The van der Waals surface area contributed by atoms with Crippen LogP contribution in [0.4, 0.5) is 11.4 Å². The van der Waals surface area contributed by atoms with Gasteiger partial charge in [-0.2, -0.15) is 0 Å². The van der Waals surface area contributed by atoms with Gasteiger partial charge in [0.2, 0.25) is 5.91 Å². The molecular weight excluding hydrogens is 288 g/mol. The lowest BCUT2D eigenvalue weighted by Crippen LogP contribution is -2.26. The van der Waals surface area contributed by atoms with Gasteiger partial charge in [0.05, 0.1) is 0 Å². The van der Waals surface area contributed by atoms with Crippen LogP contribution in [0.15, 0.2) is 24.3 Å². The number of hydrogen-bond acceptors (Lipinski definition) is 4. The fraction of sp³-hybridized carbons (Fsp3) is 0.533. The molecule has 1 aliphatic rings. The van der Waals surface area contributed by atoms with Gasteiger partial charge in [-0.15, -0.1) is 0 Å². The van der Waals surface area contributed by atoms with Crippen LogP contribution in [0, 0.1) is 0 Å². The summed E-state index contributed by atoms with van der Waals surface area (Å²) in [6, 6.07) is 7.09. The van der Waals surface area contributed by atoms with Gasteiger partial charge in [-0.05, 0) is 37.5 Å². The number of hydrogen-bond donors (Lipinski definition) is 2. The summed E-state index contributed by atoms with van der Waals surface area (Å²) in [6.45, 7) is 1.40. The molecule has 3 N–H and O–H groups in total. The highest BCUT2D eigenvalue weighted by Gasteiger charge is 2.19. The van der Waals surface area contributed by atoms with Gasteiger partial charge in [-0.3, -0.25) is 9.00 Å². The number of nitrogens with one attached hydrogen (secondary N) is 1. The van der Waals surface area contributed by atoms with E-state index in [1.165, 1.54) is 0 Å². The van der Waals surface area contributed by atoms with Crippen molar-refractivity contribution in [2.24, 2.45) is 0 Å². The van der Waals surface area contributed by atoms with E-state index in [2.05, 4.69) is 5.32 Å². The number of carbonyl (C=O) groups is 1. The topological polar surface area (TPSA) is 81.4 Å². The number of benzene rings is 1. The van der Waals surface area contributed by atoms with Gasteiger partial charge < -0.3 is 15.8 Å². The lowest BCUT2D eigenvalue weighted by Gasteiger charge is -2.21. The van der Waals surface area contributed by atoms with Gasteiger partial charge in [-0.1, -0.05) is 6.07 Å². The number of carbonyl (C=O) groups excluding carboxylic acids is 1. The van der Waals surface area contributed by atoms with Crippen molar-refractivity contribution in [3.63, 3.8) is 0 Å². The largest absolute Gasteiger partial charge is 0.399 e. The molecule has 2 rings (SSSR count).